The van der Waals surface area contributed by atoms with Gasteiger partial charge in [0.15, 0.2) is 0 Å². The van der Waals surface area contributed by atoms with Crippen molar-refractivity contribution in [3.8, 4) is 0 Å². The van der Waals surface area contributed by atoms with Gasteiger partial charge in [-0.2, -0.15) is 0 Å². The van der Waals surface area contributed by atoms with E-state index in [2.05, 4.69) is 57.8 Å². The van der Waals surface area contributed by atoms with E-state index < -0.39 is 16.8 Å². The number of nitrogens with zero attached hydrogens (tertiary/aromatic N) is 4. The van der Waals surface area contributed by atoms with E-state index in [0.29, 0.717) is 57.6 Å². The quantitative estimate of drug-likeness (QED) is 0.289. The molecule has 2 aromatic heterocycles. The van der Waals surface area contributed by atoms with Crippen molar-refractivity contribution < 1.29 is 29.0 Å². The number of piperidine rings is 2. The van der Waals surface area contributed by atoms with Crippen molar-refractivity contribution in [2.75, 3.05) is 26.2 Å². The topological polar surface area (TPSA) is 122 Å². The summed E-state index contributed by atoms with van der Waals surface area (Å²) in [5.74, 6) is 0.227. The van der Waals surface area contributed by atoms with Gasteiger partial charge in [0, 0.05) is 60.4 Å². The molecule has 0 saturated carbocycles. The SMILES string of the molecule is Brc1ccc(Br)nc1.C.CC(C)(C)OC(=O)N1CCC(=O)CC1.CC(C)(C)OC(=O)N1CCC(O)(c2ccc(Br)cn2)CC1. The van der Waals surface area contributed by atoms with Gasteiger partial charge in [-0.1, -0.05) is 7.43 Å². The Labute approximate surface area is 286 Å². The fraction of sp³-hybridized carbons (Fsp3) is 0.581. The third-order valence-corrected chi connectivity index (χ3v) is 7.52. The predicted molar refractivity (Wildman–Crippen MR) is 181 cm³/mol. The number of rotatable bonds is 1. The maximum absolute atomic E-state index is 12.0. The third-order valence-electron chi connectivity index (χ3n) is 6.11. The number of halogens is 3. The Balaban J connectivity index is 0.000000362. The van der Waals surface area contributed by atoms with Gasteiger partial charge in [-0.05, 0) is 126 Å². The van der Waals surface area contributed by atoms with Crippen LogP contribution in [0.25, 0.3) is 0 Å². The normalized spacial score (nSPS) is 16.3. The minimum atomic E-state index is -0.973. The predicted octanol–water partition coefficient (Wildman–Crippen LogP) is 7.89. The van der Waals surface area contributed by atoms with Crippen molar-refractivity contribution in [2.24, 2.45) is 0 Å². The lowest BCUT2D eigenvalue weighted by Gasteiger charge is -2.38. The van der Waals surface area contributed by atoms with Gasteiger partial charge in [0.25, 0.3) is 0 Å². The van der Waals surface area contributed by atoms with Crippen LogP contribution in [0.15, 0.2) is 50.2 Å². The molecule has 0 spiro atoms. The Morgan fingerprint density at radius 1 is 0.773 bits per heavy atom. The van der Waals surface area contributed by atoms with Crippen molar-refractivity contribution in [3.05, 3.63) is 55.9 Å². The van der Waals surface area contributed by atoms with Crippen LogP contribution < -0.4 is 0 Å². The van der Waals surface area contributed by atoms with Crippen LogP contribution in [0.3, 0.4) is 0 Å². The second-order valence-corrected chi connectivity index (χ2v) is 14.8. The first-order valence-corrected chi connectivity index (χ1v) is 16.3. The molecule has 2 saturated heterocycles. The number of pyridine rings is 2. The molecular formula is C31H45Br3N4O6. The number of aliphatic hydroxyl groups is 1. The first kappa shape index (κ1) is 39.9. The van der Waals surface area contributed by atoms with E-state index in [1.165, 1.54) is 0 Å². The molecule has 0 atom stereocenters. The summed E-state index contributed by atoms with van der Waals surface area (Å²) in [5, 5.41) is 10.7. The highest BCUT2D eigenvalue weighted by molar-refractivity contribution is 9.11. The van der Waals surface area contributed by atoms with E-state index >= 15 is 0 Å². The lowest BCUT2D eigenvalue weighted by atomic mass is 9.88. The molecule has 2 aliphatic rings. The van der Waals surface area contributed by atoms with Crippen molar-refractivity contribution in [1.82, 2.24) is 19.8 Å². The zero-order chi connectivity index (χ0) is 32.4. The van der Waals surface area contributed by atoms with Crippen LogP contribution >= 0.6 is 47.8 Å². The average Bonchev–Trinajstić information content (AvgIpc) is 2.90. The highest BCUT2D eigenvalue weighted by Crippen LogP contribution is 2.32. The van der Waals surface area contributed by atoms with Crippen LogP contribution in [0.2, 0.25) is 0 Å². The standard InChI is InChI=1S/C15H21BrN2O3.C10H17NO3.C5H3Br2N.CH4/c1-14(2,3)21-13(19)18-8-6-15(20,7-9-18)12-5-4-11(16)10-17-12;1-10(2,3)14-9(13)11-6-4-8(12)5-7-11;6-4-1-2-5(7)8-3-4;/h4-5,10,20H,6-9H2,1-3H3;4-7H2,1-3H3;1-3H;1H4. The lowest BCUT2D eigenvalue weighted by molar-refractivity contribution is -0.121. The fourth-order valence-corrected chi connectivity index (χ4v) is 4.62. The van der Waals surface area contributed by atoms with Gasteiger partial charge < -0.3 is 24.4 Å². The summed E-state index contributed by atoms with van der Waals surface area (Å²) < 4.78 is 13.3. The second kappa shape index (κ2) is 17.6. The number of ether oxygens (including phenoxy) is 2. The molecule has 0 aliphatic carbocycles. The number of carbonyl (C=O) groups excluding carboxylic acids is 3. The summed E-state index contributed by atoms with van der Waals surface area (Å²) in [6, 6.07) is 7.48. The van der Waals surface area contributed by atoms with Crippen molar-refractivity contribution >= 4 is 65.8 Å². The Hall–Kier alpha value is -2.09. The number of hydrogen-bond acceptors (Lipinski definition) is 8. The smallest absolute Gasteiger partial charge is 0.410 e. The number of amides is 2. The first-order valence-electron chi connectivity index (χ1n) is 14.0. The molecule has 1 N–H and O–H groups in total. The summed E-state index contributed by atoms with van der Waals surface area (Å²) in [6.45, 7) is 12.9. The maximum Gasteiger partial charge on any atom is 0.410 e. The first-order chi connectivity index (χ1) is 19.9. The van der Waals surface area contributed by atoms with Crippen molar-refractivity contribution in [2.45, 2.75) is 91.5 Å². The van der Waals surface area contributed by atoms with E-state index in [9.17, 15) is 19.5 Å². The third kappa shape index (κ3) is 14.8. The molecule has 0 unspecified atom stereocenters. The Bertz CT molecular complexity index is 1180. The summed E-state index contributed by atoms with van der Waals surface area (Å²) in [6.07, 6.45) is 4.61. The van der Waals surface area contributed by atoms with E-state index in [1.54, 1.807) is 22.2 Å². The monoisotopic (exact) mass is 806 g/mol. The molecular weight excluding hydrogens is 764 g/mol. The Morgan fingerprint density at radius 3 is 1.57 bits per heavy atom. The summed E-state index contributed by atoms with van der Waals surface area (Å²) in [5.41, 5.74) is -1.29. The summed E-state index contributed by atoms with van der Waals surface area (Å²) >= 11 is 9.81. The van der Waals surface area contributed by atoms with Crippen molar-refractivity contribution in [3.63, 3.8) is 0 Å². The zero-order valence-electron chi connectivity index (χ0n) is 25.5. The number of carbonyl (C=O) groups is 3. The van der Waals surface area contributed by atoms with Gasteiger partial charge in [-0.3, -0.25) is 9.78 Å². The lowest BCUT2D eigenvalue weighted by Crippen LogP contribution is -2.47. The van der Waals surface area contributed by atoms with Crippen LogP contribution in [0.1, 0.15) is 80.3 Å². The maximum atomic E-state index is 12.0. The molecule has 0 bridgehead atoms. The highest BCUT2D eigenvalue weighted by Gasteiger charge is 2.37. The van der Waals surface area contributed by atoms with Crippen molar-refractivity contribution in [1.29, 1.82) is 0 Å². The largest absolute Gasteiger partial charge is 0.444 e. The molecule has 2 amide bonds. The van der Waals surface area contributed by atoms with Gasteiger partial charge in [-0.15, -0.1) is 0 Å². The summed E-state index contributed by atoms with van der Waals surface area (Å²) in [7, 11) is 0. The molecule has 44 heavy (non-hydrogen) atoms. The number of likely N-dealkylation sites (tertiary alicyclic amines) is 2. The zero-order valence-corrected chi connectivity index (χ0v) is 30.3. The molecule has 2 aromatic rings. The van der Waals surface area contributed by atoms with E-state index in [1.807, 2.05) is 65.8 Å². The summed E-state index contributed by atoms with van der Waals surface area (Å²) in [4.78, 5) is 45.9. The molecule has 4 rings (SSSR count). The number of aromatic nitrogens is 2. The van der Waals surface area contributed by atoms with E-state index in [-0.39, 0.29) is 25.4 Å². The number of ketones is 1. The minimum Gasteiger partial charge on any atom is -0.444 e. The Kier molecular flexibility index (Phi) is 15.9. The van der Waals surface area contributed by atoms with Crippen LogP contribution in [-0.2, 0) is 19.9 Å². The molecule has 246 valence electrons. The number of Topliss-reactive ketones (excluding diaryl/α,β-unsaturated/α-hetero) is 1. The molecule has 4 heterocycles. The van der Waals surface area contributed by atoms with E-state index in [0.717, 1.165) is 13.5 Å². The minimum absolute atomic E-state index is 0. The van der Waals surface area contributed by atoms with Gasteiger partial charge >= 0.3 is 12.2 Å². The van der Waals surface area contributed by atoms with Crippen LogP contribution in [0.5, 0.6) is 0 Å². The van der Waals surface area contributed by atoms with Crippen LogP contribution in [0, 0.1) is 0 Å². The number of hydrogen-bond donors (Lipinski definition) is 1. The van der Waals surface area contributed by atoms with Gasteiger partial charge in [-0.25, -0.2) is 14.6 Å². The van der Waals surface area contributed by atoms with Gasteiger partial charge in [0.05, 0.1) is 5.69 Å². The molecule has 10 nitrogen and oxygen atoms in total. The fourth-order valence-electron chi connectivity index (χ4n) is 3.92. The van der Waals surface area contributed by atoms with Gasteiger partial charge in [0.1, 0.15) is 27.2 Å². The highest BCUT2D eigenvalue weighted by atomic mass is 79.9. The molecule has 13 heteroatoms. The molecule has 2 fully saturated rings. The molecule has 2 aliphatic heterocycles. The molecule has 0 radical (unpaired) electrons. The Morgan fingerprint density at radius 2 is 1.20 bits per heavy atom. The second-order valence-electron chi connectivity index (χ2n) is 12.2. The average molecular weight is 809 g/mol. The molecule has 0 aromatic carbocycles. The van der Waals surface area contributed by atoms with E-state index in [4.69, 9.17) is 9.47 Å². The van der Waals surface area contributed by atoms with Crippen LogP contribution in [0.4, 0.5) is 9.59 Å². The van der Waals surface area contributed by atoms with Crippen LogP contribution in [-0.4, -0.2) is 80.2 Å². The van der Waals surface area contributed by atoms with Gasteiger partial charge in [0.2, 0.25) is 0 Å².